The summed E-state index contributed by atoms with van der Waals surface area (Å²) in [7, 11) is 3.95. The number of amides is 2. The molecule has 0 radical (unpaired) electrons. The summed E-state index contributed by atoms with van der Waals surface area (Å²) in [5.74, 6) is 0.812. The van der Waals surface area contributed by atoms with E-state index < -0.39 is 0 Å². The number of carbonyl (C=O) groups is 1. The molecule has 2 rings (SSSR count). The highest BCUT2D eigenvalue weighted by atomic mass is 16.5. The van der Waals surface area contributed by atoms with Crippen LogP contribution in [0.3, 0.4) is 0 Å². The van der Waals surface area contributed by atoms with Gasteiger partial charge in [0.2, 0.25) is 0 Å². The fourth-order valence-electron chi connectivity index (χ4n) is 2.06. The van der Waals surface area contributed by atoms with Gasteiger partial charge in [0.25, 0.3) is 0 Å². The highest BCUT2D eigenvalue weighted by Crippen LogP contribution is 2.15. The van der Waals surface area contributed by atoms with Gasteiger partial charge in [-0.2, -0.15) is 0 Å². The average Bonchev–Trinajstić information content (AvgIpc) is 2.52. The zero-order chi connectivity index (χ0) is 16.7. The van der Waals surface area contributed by atoms with Gasteiger partial charge in [-0.25, -0.2) is 4.79 Å². The zero-order valence-corrected chi connectivity index (χ0v) is 13.8. The molecule has 0 aliphatic carbocycles. The lowest BCUT2D eigenvalue weighted by atomic mass is 10.2. The van der Waals surface area contributed by atoms with E-state index in [2.05, 4.69) is 10.6 Å². The second-order valence-electron chi connectivity index (χ2n) is 5.49. The first-order valence-corrected chi connectivity index (χ1v) is 7.56. The lowest BCUT2D eigenvalue weighted by Gasteiger charge is -2.13. The summed E-state index contributed by atoms with van der Waals surface area (Å²) in [6.45, 7) is 2.88. The number of anilines is 2. The molecular weight excluding hydrogens is 290 g/mol. The largest absolute Gasteiger partial charge is 0.492 e. The fourth-order valence-corrected chi connectivity index (χ4v) is 2.06. The Bertz CT molecular complexity index is 639. The molecule has 0 unspecified atom stereocenters. The van der Waals surface area contributed by atoms with E-state index in [9.17, 15) is 4.79 Å². The summed E-state index contributed by atoms with van der Waals surface area (Å²) in [6.07, 6.45) is 0. The number of nitrogens with zero attached hydrogens (tertiary/aromatic N) is 1. The van der Waals surface area contributed by atoms with E-state index in [4.69, 9.17) is 4.74 Å². The van der Waals surface area contributed by atoms with Crippen molar-refractivity contribution < 1.29 is 9.53 Å². The van der Waals surface area contributed by atoms with Gasteiger partial charge in [-0.15, -0.1) is 0 Å². The minimum absolute atomic E-state index is 0.240. The third-order valence-corrected chi connectivity index (χ3v) is 3.29. The van der Waals surface area contributed by atoms with Crippen LogP contribution < -0.4 is 20.3 Å². The smallest absolute Gasteiger partial charge is 0.319 e. The van der Waals surface area contributed by atoms with Gasteiger partial charge >= 0.3 is 6.03 Å². The van der Waals surface area contributed by atoms with Crippen LogP contribution in [0.1, 0.15) is 5.56 Å². The standard InChI is InChI=1S/C18H23N3O2/c1-14-5-4-6-17(13-14)23-12-11-19-18(22)20-15-7-9-16(10-8-15)21(2)3/h4-10,13H,11-12H2,1-3H3,(H2,19,20,22). The van der Waals surface area contributed by atoms with Crippen molar-refractivity contribution in [3.8, 4) is 5.75 Å². The molecule has 0 fully saturated rings. The molecule has 0 bridgehead atoms. The topological polar surface area (TPSA) is 53.6 Å². The monoisotopic (exact) mass is 313 g/mol. The highest BCUT2D eigenvalue weighted by Gasteiger charge is 2.02. The first kappa shape index (κ1) is 16.7. The number of rotatable bonds is 6. The molecule has 0 saturated heterocycles. The first-order valence-electron chi connectivity index (χ1n) is 7.56. The molecule has 0 spiro atoms. The van der Waals surface area contributed by atoms with Crippen LogP contribution in [0.15, 0.2) is 48.5 Å². The maximum absolute atomic E-state index is 11.8. The van der Waals surface area contributed by atoms with Gasteiger partial charge in [0, 0.05) is 25.5 Å². The second-order valence-corrected chi connectivity index (χ2v) is 5.49. The predicted molar refractivity (Wildman–Crippen MR) is 94.5 cm³/mol. The van der Waals surface area contributed by atoms with Crippen molar-refractivity contribution in [1.29, 1.82) is 0 Å². The summed E-state index contributed by atoms with van der Waals surface area (Å²) in [5, 5.41) is 5.56. The molecule has 0 atom stereocenters. The molecular formula is C18H23N3O2. The number of hydrogen-bond acceptors (Lipinski definition) is 3. The molecule has 0 aliphatic heterocycles. The van der Waals surface area contributed by atoms with Gasteiger partial charge in [0.05, 0.1) is 6.54 Å². The maximum Gasteiger partial charge on any atom is 0.319 e. The van der Waals surface area contributed by atoms with Crippen molar-refractivity contribution in [1.82, 2.24) is 5.32 Å². The molecule has 0 heterocycles. The molecule has 5 heteroatoms. The van der Waals surface area contributed by atoms with Crippen LogP contribution in [0.2, 0.25) is 0 Å². The fraction of sp³-hybridized carbons (Fsp3) is 0.278. The van der Waals surface area contributed by atoms with E-state index in [1.165, 1.54) is 0 Å². The lowest BCUT2D eigenvalue weighted by molar-refractivity contribution is 0.247. The summed E-state index contributed by atoms with van der Waals surface area (Å²) in [5.41, 5.74) is 2.99. The second kappa shape index (κ2) is 8.08. The number of carbonyl (C=O) groups excluding carboxylic acids is 1. The molecule has 5 nitrogen and oxygen atoms in total. The summed E-state index contributed by atoms with van der Waals surface area (Å²) in [4.78, 5) is 13.8. The number of nitrogens with one attached hydrogen (secondary N) is 2. The third-order valence-electron chi connectivity index (χ3n) is 3.29. The Morgan fingerprint density at radius 1 is 1.13 bits per heavy atom. The van der Waals surface area contributed by atoms with Crippen LogP contribution >= 0.6 is 0 Å². The molecule has 23 heavy (non-hydrogen) atoms. The van der Waals surface area contributed by atoms with Gasteiger partial charge in [0.1, 0.15) is 12.4 Å². The van der Waals surface area contributed by atoms with E-state index in [1.807, 2.05) is 74.4 Å². The molecule has 0 aliphatic rings. The van der Waals surface area contributed by atoms with Crippen molar-refractivity contribution in [2.45, 2.75) is 6.92 Å². The van der Waals surface area contributed by atoms with Crippen LogP contribution in [0.5, 0.6) is 5.75 Å². The van der Waals surface area contributed by atoms with Crippen LogP contribution in [0.4, 0.5) is 16.2 Å². The van der Waals surface area contributed by atoms with E-state index >= 15 is 0 Å². The molecule has 122 valence electrons. The third kappa shape index (κ3) is 5.54. The van der Waals surface area contributed by atoms with Gasteiger partial charge in [-0.1, -0.05) is 12.1 Å². The highest BCUT2D eigenvalue weighted by molar-refractivity contribution is 5.89. The van der Waals surface area contributed by atoms with Crippen molar-refractivity contribution in [2.75, 3.05) is 37.5 Å². The number of ether oxygens (including phenoxy) is 1. The van der Waals surface area contributed by atoms with Gasteiger partial charge < -0.3 is 20.3 Å². The Labute approximate surface area is 137 Å². The van der Waals surface area contributed by atoms with Crippen LogP contribution in [-0.4, -0.2) is 33.3 Å². The van der Waals surface area contributed by atoms with Crippen molar-refractivity contribution in [3.05, 3.63) is 54.1 Å². The molecule has 0 aromatic heterocycles. The molecule has 2 aromatic carbocycles. The predicted octanol–water partition coefficient (Wildman–Crippen LogP) is 3.26. The summed E-state index contributed by atoms with van der Waals surface area (Å²) >= 11 is 0. The van der Waals surface area contributed by atoms with Crippen LogP contribution in [0.25, 0.3) is 0 Å². The van der Waals surface area contributed by atoms with E-state index in [0.29, 0.717) is 13.2 Å². The Morgan fingerprint density at radius 2 is 1.87 bits per heavy atom. The van der Waals surface area contributed by atoms with E-state index in [1.54, 1.807) is 0 Å². The summed E-state index contributed by atoms with van der Waals surface area (Å²) < 4.78 is 5.58. The van der Waals surface area contributed by atoms with Crippen LogP contribution in [-0.2, 0) is 0 Å². The SMILES string of the molecule is Cc1cccc(OCCNC(=O)Nc2ccc(N(C)C)cc2)c1. The number of benzene rings is 2. The van der Waals surface area contributed by atoms with Crippen LogP contribution in [0, 0.1) is 6.92 Å². The molecule has 2 aromatic rings. The normalized spacial score (nSPS) is 10.0. The Morgan fingerprint density at radius 3 is 2.52 bits per heavy atom. The molecule has 2 N–H and O–H groups in total. The summed E-state index contributed by atoms with van der Waals surface area (Å²) in [6, 6.07) is 15.2. The number of aryl methyl sites for hydroxylation is 1. The molecule has 0 saturated carbocycles. The zero-order valence-electron chi connectivity index (χ0n) is 13.8. The minimum atomic E-state index is -0.240. The van der Waals surface area contributed by atoms with Crippen molar-refractivity contribution in [3.63, 3.8) is 0 Å². The number of hydrogen-bond donors (Lipinski definition) is 2. The quantitative estimate of drug-likeness (QED) is 0.805. The lowest BCUT2D eigenvalue weighted by Crippen LogP contribution is -2.32. The molecule has 2 amide bonds. The minimum Gasteiger partial charge on any atom is -0.492 e. The van der Waals surface area contributed by atoms with Gasteiger partial charge in [0.15, 0.2) is 0 Å². The van der Waals surface area contributed by atoms with E-state index in [0.717, 1.165) is 22.7 Å². The average molecular weight is 313 g/mol. The van der Waals surface area contributed by atoms with Gasteiger partial charge in [-0.05, 0) is 48.9 Å². The first-order chi connectivity index (χ1) is 11.0. The maximum atomic E-state index is 11.8. The Balaban J connectivity index is 1.70. The Hall–Kier alpha value is -2.69. The van der Waals surface area contributed by atoms with Crippen molar-refractivity contribution in [2.24, 2.45) is 0 Å². The van der Waals surface area contributed by atoms with Crippen molar-refractivity contribution >= 4 is 17.4 Å². The number of urea groups is 1. The van der Waals surface area contributed by atoms with E-state index in [-0.39, 0.29) is 6.03 Å². The van der Waals surface area contributed by atoms with Gasteiger partial charge in [-0.3, -0.25) is 0 Å². The Kier molecular flexibility index (Phi) is 5.86.